The van der Waals surface area contributed by atoms with Gasteiger partial charge < -0.3 is 4.74 Å². The predicted molar refractivity (Wildman–Crippen MR) is 53.4 cm³/mol. The first-order valence-electron chi connectivity index (χ1n) is 3.29. The molecule has 0 aliphatic carbocycles. The van der Waals surface area contributed by atoms with E-state index in [1.165, 1.54) is 11.5 Å². The van der Waals surface area contributed by atoms with Gasteiger partial charge in [0.25, 0.3) is 0 Å². The number of ether oxygens (including phenoxy) is 1. The Hall–Kier alpha value is -0.800. The standard InChI is InChI=1S/C8H7NOS.ClH/c1-10-7-4-2-3-6-5-11-9-8(6)7;/h2-5H,1H3;1H. The number of hydrogen-bond donors (Lipinski definition) is 0. The van der Waals surface area contributed by atoms with Crippen LogP contribution in [-0.4, -0.2) is 11.5 Å². The van der Waals surface area contributed by atoms with Crippen molar-refractivity contribution < 1.29 is 4.74 Å². The van der Waals surface area contributed by atoms with Gasteiger partial charge in [0, 0.05) is 10.8 Å². The molecule has 12 heavy (non-hydrogen) atoms. The second-order valence-electron chi connectivity index (χ2n) is 2.21. The fraction of sp³-hybridized carbons (Fsp3) is 0.125. The van der Waals surface area contributed by atoms with Gasteiger partial charge in [0.1, 0.15) is 11.3 Å². The first-order valence-corrected chi connectivity index (χ1v) is 4.12. The van der Waals surface area contributed by atoms with Gasteiger partial charge in [-0.2, -0.15) is 4.37 Å². The van der Waals surface area contributed by atoms with E-state index >= 15 is 0 Å². The Bertz CT molecular complexity index is 374. The summed E-state index contributed by atoms with van der Waals surface area (Å²) in [6, 6.07) is 5.92. The maximum Gasteiger partial charge on any atom is 0.146 e. The molecular formula is C8H8ClNOS. The largest absolute Gasteiger partial charge is 0.494 e. The summed E-state index contributed by atoms with van der Waals surface area (Å²) in [6.45, 7) is 0. The van der Waals surface area contributed by atoms with E-state index in [0.29, 0.717) is 0 Å². The molecule has 0 radical (unpaired) electrons. The van der Waals surface area contributed by atoms with Crippen LogP contribution in [0.4, 0.5) is 0 Å². The van der Waals surface area contributed by atoms with Gasteiger partial charge in [-0.3, -0.25) is 0 Å². The molecule has 0 N–H and O–H groups in total. The highest BCUT2D eigenvalue weighted by Gasteiger charge is 2.00. The van der Waals surface area contributed by atoms with Gasteiger partial charge in [-0.1, -0.05) is 12.1 Å². The van der Waals surface area contributed by atoms with Crippen LogP contribution in [0.2, 0.25) is 0 Å². The van der Waals surface area contributed by atoms with Crippen LogP contribution in [0.25, 0.3) is 10.9 Å². The topological polar surface area (TPSA) is 22.1 Å². The van der Waals surface area contributed by atoms with E-state index in [9.17, 15) is 0 Å². The zero-order valence-electron chi connectivity index (χ0n) is 6.48. The molecule has 0 saturated heterocycles. The molecule has 0 atom stereocenters. The molecule has 2 aromatic rings. The molecule has 0 aliphatic heterocycles. The molecule has 1 heterocycles. The molecule has 1 aromatic heterocycles. The lowest BCUT2D eigenvalue weighted by molar-refractivity contribution is 0.419. The highest BCUT2D eigenvalue weighted by molar-refractivity contribution is 7.04. The molecule has 0 spiro atoms. The second kappa shape index (κ2) is 3.74. The Morgan fingerprint density at radius 3 is 3.00 bits per heavy atom. The van der Waals surface area contributed by atoms with Gasteiger partial charge in [0.05, 0.1) is 7.11 Å². The maximum absolute atomic E-state index is 5.13. The Balaban J connectivity index is 0.000000720. The van der Waals surface area contributed by atoms with Gasteiger partial charge in [-0.25, -0.2) is 0 Å². The maximum atomic E-state index is 5.13. The van der Waals surface area contributed by atoms with E-state index in [-0.39, 0.29) is 12.4 Å². The van der Waals surface area contributed by atoms with Crippen molar-refractivity contribution in [2.75, 3.05) is 7.11 Å². The first-order chi connectivity index (χ1) is 5.42. The van der Waals surface area contributed by atoms with E-state index in [1.807, 2.05) is 23.6 Å². The third kappa shape index (κ3) is 1.38. The van der Waals surface area contributed by atoms with Crippen molar-refractivity contribution in [1.82, 2.24) is 4.37 Å². The molecule has 0 bridgehead atoms. The number of benzene rings is 1. The number of aromatic nitrogens is 1. The van der Waals surface area contributed by atoms with Crippen LogP contribution in [0.5, 0.6) is 5.75 Å². The summed E-state index contributed by atoms with van der Waals surface area (Å²) in [4.78, 5) is 0. The Morgan fingerprint density at radius 1 is 1.42 bits per heavy atom. The van der Waals surface area contributed by atoms with Crippen LogP contribution in [-0.2, 0) is 0 Å². The third-order valence-corrected chi connectivity index (χ3v) is 2.22. The second-order valence-corrected chi connectivity index (χ2v) is 2.84. The molecule has 2 rings (SSSR count). The summed E-state index contributed by atoms with van der Waals surface area (Å²) in [7, 11) is 1.66. The zero-order valence-corrected chi connectivity index (χ0v) is 8.11. The van der Waals surface area contributed by atoms with E-state index in [1.54, 1.807) is 7.11 Å². The lowest BCUT2D eigenvalue weighted by Crippen LogP contribution is -1.82. The molecule has 4 heteroatoms. The molecule has 0 saturated carbocycles. The quantitative estimate of drug-likeness (QED) is 0.708. The summed E-state index contributed by atoms with van der Waals surface area (Å²) < 4.78 is 9.34. The van der Waals surface area contributed by atoms with Crippen molar-refractivity contribution in [3.63, 3.8) is 0 Å². The van der Waals surface area contributed by atoms with Crippen molar-refractivity contribution in [2.45, 2.75) is 0 Å². The lowest BCUT2D eigenvalue weighted by Gasteiger charge is -1.97. The van der Waals surface area contributed by atoms with Crippen molar-refractivity contribution >= 4 is 34.8 Å². The molecule has 0 fully saturated rings. The molecule has 1 aromatic carbocycles. The minimum absolute atomic E-state index is 0. The van der Waals surface area contributed by atoms with Crippen molar-refractivity contribution in [1.29, 1.82) is 0 Å². The number of halogens is 1. The summed E-state index contributed by atoms with van der Waals surface area (Å²) >= 11 is 1.45. The third-order valence-electron chi connectivity index (χ3n) is 1.57. The highest BCUT2D eigenvalue weighted by atomic mass is 35.5. The van der Waals surface area contributed by atoms with Gasteiger partial charge in [-0.15, -0.1) is 12.4 Å². The molecule has 0 aliphatic rings. The summed E-state index contributed by atoms with van der Waals surface area (Å²) in [5.74, 6) is 0.851. The summed E-state index contributed by atoms with van der Waals surface area (Å²) in [5.41, 5.74) is 0.958. The predicted octanol–water partition coefficient (Wildman–Crippen LogP) is 2.73. The van der Waals surface area contributed by atoms with E-state index < -0.39 is 0 Å². The van der Waals surface area contributed by atoms with Crippen LogP contribution in [0.1, 0.15) is 0 Å². The fourth-order valence-corrected chi connectivity index (χ4v) is 1.69. The van der Waals surface area contributed by atoms with Crippen LogP contribution in [0.15, 0.2) is 23.6 Å². The van der Waals surface area contributed by atoms with Gasteiger partial charge in [0.15, 0.2) is 0 Å². The molecule has 0 unspecified atom stereocenters. The molecule has 64 valence electrons. The first kappa shape index (κ1) is 9.29. The summed E-state index contributed by atoms with van der Waals surface area (Å²) in [5, 5.41) is 3.16. The van der Waals surface area contributed by atoms with E-state index in [4.69, 9.17) is 4.74 Å². The summed E-state index contributed by atoms with van der Waals surface area (Å²) in [6.07, 6.45) is 0. The van der Waals surface area contributed by atoms with Crippen LogP contribution in [0.3, 0.4) is 0 Å². The van der Waals surface area contributed by atoms with Crippen LogP contribution < -0.4 is 4.74 Å². The zero-order chi connectivity index (χ0) is 7.68. The Morgan fingerprint density at radius 2 is 2.25 bits per heavy atom. The van der Waals surface area contributed by atoms with Gasteiger partial charge in [-0.05, 0) is 17.6 Å². The number of nitrogens with zero attached hydrogens (tertiary/aromatic N) is 1. The molecule has 2 nitrogen and oxygen atoms in total. The number of methoxy groups -OCH3 is 1. The van der Waals surface area contributed by atoms with E-state index in [2.05, 4.69) is 4.37 Å². The fourth-order valence-electron chi connectivity index (χ4n) is 1.03. The Labute approximate surface area is 80.7 Å². The lowest BCUT2D eigenvalue weighted by atomic mass is 10.2. The van der Waals surface area contributed by atoms with Crippen LogP contribution in [0, 0.1) is 0 Å². The van der Waals surface area contributed by atoms with Crippen molar-refractivity contribution in [3.8, 4) is 5.75 Å². The SMILES string of the molecule is COc1cccc2csnc12.Cl. The smallest absolute Gasteiger partial charge is 0.146 e. The number of rotatable bonds is 1. The van der Waals surface area contributed by atoms with Gasteiger partial charge in [0.2, 0.25) is 0 Å². The highest BCUT2D eigenvalue weighted by Crippen LogP contribution is 2.24. The average molecular weight is 202 g/mol. The minimum Gasteiger partial charge on any atom is -0.494 e. The Kier molecular flexibility index (Phi) is 2.89. The molecular weight excluding hydrogens is 194 g/mol. The van der Waals surface area contributed by atoms with Crippen LogP contribution >= 0.6 is 23.9 Å². The number of fused-ring (bicyclic) bond motifs is 1. The average Bonchev–Trinajstić information content (AvgIpc) is 2.50. The monoisotopic (exact) mass is 201 g/mol. The number of hydrogen-bond acceptors (Lipinski definition) is 3. The molecule has 0 amide bonds. The minimum atomic E-state index is 0. The van der Waals surface area contributed by atoms with Gasteiger partial charge >= 0.3 is 0 Å². The van der Waals surface area contributed by atoms with Crippen molar-refractivity contribution in [2.24, 2.45) is 0 Å². The normalized spacial score (nSPS) is 9.42. The van der Waals surface area contributed by atoms with Crippen molar-refractivity contribution in [3.05, 3.63) is 23.6 Å². The van der Waals surface area contributed by atoms with E-state index in [0.717, 1.165) is 16.7 Å².